The molecule has 0 bridgehead atoms. The zero-order valence-electron chi connectivity index (χ0n) is 41.7. The van der Waals surface area contributed by atoms with Gasteiger partial charge in [0.25, 0.3) is 0 Å². The van der Waals surface area contributed by atoms with Gasteiger partial charge >= 0.3 is 24.7 Å². The van der Waals surface area contributed by atoms with Crippen molar-refractivity contribution in [1.82, 2.24) is 13.7 Å². The van der Waals surface area contributed by atoms with E-state index in [2.05, 4.69) is 6.07 Å². The van der Waals surface area contributed by atoms with Crippen LogP contribution < -0.4 is 0 Å². The standard InChI is InChI=1S/C65H32F12N4S/c66-62(67,68)36-19-23-50-42(27-36)43-28-37(63(69,70)71)20-24-51(43)79(50)59-57(34-11-3-1-4-12-34)48(33-78)58(35-13-5-2-6-14-35)60(80-52-25-21-38(64(72,73)74)29-44(52)45-30-39(65(75,76)77)22-26-53(45)80)61(59)81-49-17-9-7-15-40(49)46-31-47-41-16-8-10-18-55(41)82-56(47)32-54(46)81/h1-32H. The zero-order chi connectivity index (χ0) is 56.9. The summed E-state index contributed by atoms with van der Waals surface area (Å²) in [5.41, 5.74) is -2.85. The summed E-state index contributed by atoms with van der Waals surface area (Å²) in [6.07, 6.45) is -19.9. The minimum atomic E-state index is -4.97. The van der Waals surface area contributed by atoms with Crippen molar-refractivity contribution in [2.24, 2.45) is 0 Å². The molecule has 0 fully saturated rings. The van der Waals surface area contributed by atoms with Gasteiger partial charge in [0.05, 0.1) is 78.0 Å². The van der Waals surface area contributed by atoms with Gasteiger partial charge in [0, 0.05) is 63.6 Å². The van der Waals surface area contributed by atoms with Gasteiger partial charge in [-0.05, 0) is 108 Å². The lowest BCUT2D eigenvalue weighted by atomic mass is 9.87. The molecule has 10 aromatic carbocycles. The smallest absolute Gasteiger partial charge is 0.306 e. The van der Waals surface area contributed by atoms with E-state index in [9.17, 15) is 57.9 Å². The van der Waals surface area contributed by atoms with E-state index in [-0.39, 0.29) is 77.4 Å². The van der Waals surface area contributed by atoms with Crippen LogP contribution in [0.15, 0.2) is 194 Å². The van der Waals surface area contributed by atoms with E-state index in [0.29, 0.717) is 32.9 Å². The molecule has 4 aromatic heterocycles. The lowest BCUT2D eigenvalue weighted by molar-refractivity contribution is -0.138. The molecular formula is C65H32F12N4S. The highest BCUT2D eigenvalue weighted by Gasteiger charge is 2.39. The first-order valence-electron chi connectivity index (χ1n) is 25.2. The number of alkyl halides is 12. The molecule has 4 heterocycles. The van der Waals surface area contributed by atoms with E-state index < -0.39 is 47.0 Å². The first kappa shape index (κ1) is 50.7. The predicted octanol–water partition coefficient (Wildman–Crippen LogP) is 20.6. The van der Waals surface area contributed by atoms with Crippen molar-refractivity contribution in [3.63, 3.8) is 0 Å². The highest BCUT2D eigenvalue weighted by Crippen LogP contribution is 2.54. The van der Waals surface area contributed by atoms with Crippen LogP contribution in [0.4, 0.5) is 52.7 Å². The third kappa shape index (κ3) is 7.68. The Morgan fingerprint density at radius 1 is 0.305 bits per heavy atom. The molecule has 4 nitrogen and oxygen atoms in total. The Morgan fingerprint density at radius 3 is 1.07 bits per heavy atom. The Labute approximate surface area is 458 Å². The van der Waals surface area contributed by atoms with E-state index in [1.54, 1.807) is 66.7 Å². The number of nitrogens with zero attached hydrogens (tertiary/aromatic N) is 4. The summed E-state index contributed by atoms with van der Waals surface area (Å²) >= 11 is 1.49. The van der Waals surface area contributed by atoms with Crippen molar-refractivity contribution in [1.29, 1.82) is 5.26 Å². The summed E-state index contributed by atoms with van der Waals surface area (Å²) in [4.78, 5) is 0. The number of fused-ring (bicyclic) bond motifs is 12. The summed E-state index contributed by atoms with van der Waals surface area (Å²) in [7, 11) is 0. The summed E-state index contributed by atoms with van der Waals surface area (Å²) in [6.45, 7) is 0. The number of rotatable bonds is 5. The van der Waals surface area contributed by atoms with E-state index >= 15 is 0 Å². The third-order valence-corrected chi connectivity index (χ3v) is 16.5. The molecule has 0 saturated heterocycles. The third-order valence-electron chi connectivity index (χ3n) is 15.3. The minimum absolute atomic E-state index is 0.0184. The monoisotopic (exact) mass is 1130 g/mol. The Kier molecular flexibility index (Phi) is 11.0. The lowest BCUT2D eigenvalue weighted by Gasteiger charge is -2.29. The van der Waals surface area contributed by atoms with Gasteiger partial charge in [-0.3, -0.25) is 0 Å². The van der Waals surface area contributed by atoms with Crippen molar-refractivity contribution in [2.75, 3.05) is 0 Å². The van der Waals surface area contributed by atoms with Crippen LogP contribution in [0.2, 0.25) is 0 Å². The van der Waals surface area contributed by atoms with Crippen LogP contribution in [0.5, 0.6) is 0 Å². The minimum Gasteiger partial charge on any atom is -0.306 e. The van der Waals surface area contributed by atoms with E-state index in [1.807, 2.05) is 59.2 Å². The Bertz CT molecular complexity index is 4690. The summed E-state index contributed by atoms with van der Waals surface area (Å²) < 4.78 is 186. The first-order chi connectivity index (χ1) is 39.2. The number of benzene rings is 10. The summed E-state index contributed by atoms with van der Waals surface area (Å²) in [5.74, 6) is 0. The van der Waals surface area contributed by atoms with Crippen LogP contribution in [0.1, 0.15) is 27.8 Å². The number of aromatic nitrogens is 3. The highest BCUT2D eigenvalue weighted by molar-refractivity contribution is 7.25. The molecule has 402 valence electrons. The van der Waals surface area contributed by atoms with Gasteiger partial charge in [-0.2, -0.15) is 57.9 Å². The maximum absolute atomic E-state index is 14.9. The molecule has 17 heteroatoms. The quantitative estimate of drug-likeness (QED) is 0.158. The molecule has 0 aliphatic carbocycles. The van der Waals surface area contributed by atoms with Crippen LogP contribution in [-0.4, -0.2) is 13.7 Å². The number of hydrogen-bond acceptors (Lipinski definition) is 2. The number of nitriles is 1. The molecule has 0 radical (unpaired) electrons. The number of halogens is 12. The van der Waals surface area contributed by atoms with Gasteiger partial charge < -0.3 is 13.7 Å². The summed E-state index contributed by atoms with van der Waals surface area (Å²) in [6, 6.07) is 49.3. The van der Waals surface area contributed by atoms with Crippen molar-refractivity contribution >= 4 is 96.9 Å². The fraction of sp³-hybridized carbons (Fsp3) is 0.0615. The molecule has 0 aliphatic heterocycles. The lowest BCUT2D eigenvalue weighted by Crippen LogP contribution is -2.14. The first-order valence-corrected chi connectivity index (χ1v) is 26.1. The molecule has 0 amide bonds. The molecule has 0 saturated carbocycles. The van der Waals surface area contributed by atoms with Crippen molar-refractivity contribution in [3.05, 3.63) is 222 Å². The summed E-state index contributed by atoms with van der Waals surface area (Å²) in [5, 5.41) is 14.3. The van der Waals surface area contributed by atoms with E-state index in [0.717, 1.165) is 93.0 Å². The Morgan fingerprint density at radius 2 is 0.659 bits per heavy atom. The van der Waals surface area contributed by atoms with Gasteiger partial charge in [-0.1, -0.05) is 97.1 Å². The van der Waals surface area contributed by atoms with Crippen LogP contribution >= 0.6 is 11.3 Å². The van der Waals surface area contributed by atoms with E-state index in [4.69, 9.17) is 0 Å². The molecule has 0 spiro atoms. The molecule has 14 rings (SSSR count). The Balaban J connectivity index is 1.32. The normalized spacial score (nSPS) is 12.9. The molecular weight excluding hydrogens is 1100 g/mol. The zero-order valence-corrected chi connectivity index (χ0v) is 42.5. The second kappa shape index (κ2) is 17.7. The number of para-hydroxylation sites is 1. The topological polar surface area (TPSA) is 38.6 Å². The maximum Gasteiger partial charge on any atom is 0.416 e. The number of hydrogen-bond donors (Lipinski definition) is 0. The maximum atomic E-state index is 14.9. The van der Waals surface area contributed by atoms with Crippen LogP contribution in [0.3, 0.4) is 0 Å². The highest BCUT2D eigenvalue weighted by atomic mass is 32.1. The SMILES string of the molecule is N#Cc1c(-c2ccccc2)c(-n2c3ccc(C(F)(F)F)cc3c3cc(C(F)(F)F)ccc32)c(-n2c3ccccc3c3cc4c(cc32)sc2ccccc24)c(-n2c3ccc(C(F)(F)F)cc3c3cc(C(F)(F)F)ccc32)c1-c1ccccc1. The second-order valence-corrected chi connectivity index (χ2v) is 21.0. The molecule has 0 aliphatic rings. The van der Waals surface area contributed by atoms with Gasteiger partial charge in [0.1, 0.15) is 6.07 Å². The van der Waals surface area contributed by atoms with Crippen molar-refractivity contribution < 1.29 is 52.7 Å². The molecule has 0 atom stereocenters. The molecule has 82 heavy (non-hydrogen) atoms. The van der Waals surface area contributed by atoms with Gasteiger partial charge in [0.15, 0.2) is 0 Å². The molecule has 0 unspecified atom stereocenters. The van der Waals surface area contributed by atoms with Crippen LogP contribution in [-0.2, 0) is 24.7 Å². The fourth-order valence-electron chi connectivity index (χ4n) is 11.9. The van der Waals surface area contributed by atoms with Gasteiger partial charge in [-0.25, -0.2) is 0 Å². The molecule has 14 aromatic rings. The predicted molar refractivity (Wildman–Crippen MR) is 298 cm³/mol. The van der Waals surface area contributed by atoms with Gasteiger partial charge in [0.2, 0.25) is 0 Å². The van der Waals surface area contributed by atoms with Gasteiger partial charge in [-0.15, -0.1) is 11.3 Å². The van der Waals surface area contributed by atoms with Crippen LogP contribution in [0, 0.1) is 11.3 Å². The Hall–Kier alpha value is -9.53. The molecule has 0 N–H and O–H groups in total. The fourth-order valence-corrected chi connectivity index (χ4v) is 13.0. The second-order valence-electron chi connectivity index (χ2n) is 19.9. The average Bonchev–Trinajstić information content (AvgIpc) is 4.31. The van der Waals surface area contributed by atoms with E-state index in [1.165, 1.54) is 20.5 Å². The van der Waals surface area contributed by atoms with Crippen LogP contribution in [0.25, 0.3) is 125 Å². The number of thiophene rings is 1. The average molecular weight is 1130 g/mol. The van der Waals surface area contributed by atoms with Crippen molar-refractivity contribution in [3.8, 4) is 45.4 Å². The van der Waals surface area contributed by atoms with Crippen molar-refractivity contribution in [2.45, 2.75) is 24.7 Å². The largest absolute Gasteiger partial charge is 0.416 e.